The second-order valence-electron chi connectivity index (χ2n) is 5.63. The number of likely N-dealkylation sites (tertiary alicyclic amines) is 1. The minimum absolute atomic E-state index is 0.223. The molecule has 0 spiro atoms. The van der Waals surface area contributed by atoms with E-state index in [1.54, 1.807) is 0 Å². The van der Waals surface area contributed by atoms with Crippen LogP contribution in [-0.2, 0) is 0 Å². The van der Waals surface area contributed by atoms with E-state index >= 15 is 0 Å². The Hall–Kier alpha value is -1.25. The number of fused-ring (bicyclic) bond motifs is 2. The predicted octanol–water partition coefficient (Wildman–Crippen LogP) is 2.59. The van der Waals surface area contributed by atoms with Crippen LogP contribution in [0.1, 0.15) is 41.7 Å². The molecule has 0 aromatic carbocycles. The zero-order valence-electron chi connectivity index (χ0n) is 10.4. The minimum Gasteiger partial charge on any atom is -0.365 e. The molecule has 0 unspecified atom stereocenters. The van der Waals surface area contributed by atoms with Crippen molar-refractivity contribution in [3.63, 3.8) is 0 Å². The van der Waals surface area contributed by atoms with Crippen molar-refractivity contribution < 1.29 is 4.79 Å². The summed E-state index contributed by atoms with van der Waals surface area (Å²) in [5.74, 6) is 1.73. The lowest BCUT2D eigenvalue weighted by Crippen LogP contribution is -2.45. The first-order valence-electron chi connectivity index (χ1n) is 6.67. The monoisotopic (exact) mass is 232 g/mol. The Balaban J connectivity index is 1.76. The molecule has 3 rings (SSSR count). The van der Waals surface area contributed by atoms with Crippen molar-refractivity contribution in [2.75, 3.05) is 13.1 Å². The quantitative estimate of drug-likeness (QED) is 0.793. The van der Waals surface area contributed by atoms with Gasteiger partial charge in [0, 0.05) is 25.0 Å². The second-order valence-corrected chi connectivity index (χ2v) is 5.63. The van der Waals surface area contributed by atoms with Gasteiger partial charge in [-0.25, -0.2) is 0 Å². The van der Waals surface area contributed by atoms with Crippen LogP contribution in [0.3, 0.4) is 0 Å². The molecule has 2 bridgehead atoms. The molecule has 3 nitrogen and oxygen atoms in total. The summed E-state index contributed by atoms with van der Waals surface area (Å²) in [6.07, 6.45) is 7.18. The predicted molar refractivity (Wildman–Crippen MR) is 66.9 cm³/mol. The van der Waals surface area contributed by atoms with E-state index in [-0.39, 0.29) is 5.91 Å². The van der Waals surface area contributed by atoms with Gasteiger partial charge in [-0.2, -0.15) is 0 Å². The van der Waals surface area contributed by atoms with Gasteiger partial charge in [0.05, 0.1) is 5.56 Å². The number of carbonyl (C=O) groups is 1. The Bertz CT molecular complexity index is 412. The number of piperidine rings is 1. The maximum Gasteiger partial charge on any atom is 0.255 e. The fourth-order valence-corrected chi connectivity index (χ4v) is 3.45. The van der Waals surface area contributed by atoms with Gasteiger partial charge in [0.2, 0.25) is 0 Å². The number of carbonyl (C=O) groups excluding carboxylic acids is 1. The van der Waals surface area contributed by atoms with Crippen molar-refractivity contribution in [1.82, 2.24) is 9.88 Å². The van der Waals surface area contributed by atoms with Gasteiger partial charge in [-0.3, -0.25) is 4.79 Å². The summed E-state index contributed by atoms with van der Waals surface area (Å²) < 4.78 is 0. The summed E-state index contributed by atoms with van der Waals surface area (Å²) >= 11 is 0. The Morgan fingerprint density at radius 3 is 2.65 bits per heavy atom. The van der Waals surface area contributed by atoms with E-state index in [2.05, 4.69) is 9.88 Å². The van der Waals surface area contributed by atoms with Gasteiger partial charge in [0.1, 0.15) is 0 Å². The molecule has 2 fully saturated rings. The number of nitrogens with zero attached hydrogens (tertiary/aromatic N) is 1. The molecule has 1 aliphatic carbocycles. The topological polar surface area (TPSA) is 36.1 Å². The molecule has 1 saturated carbocycles. The van der Waals surface area contributed by atoms with Gasteiger partial charge in [-0.05, 0) is 44.1 Å². The Morgan fingerprint density at radius 2 is 2.06 bits per heavy atom. The SMILES string of the molecule is Cc1[nH]ccc1C(=O)N1C[C@H]2CCC[C@@H](C2)C1. The molecule has 0 radical (unpaired) electrons. The number of rotatable bonds is 1. The van der Waals surface area contributed by atoms with E-state index < -0.39 is 0 Å². The molecule has 1 saturated heterocycles. The minimum atomic E-state index is 0.223. The maximum absolute atomic E-state index is 12.4. The Morgan fingerprint density at radius 1 is 1.35 bits per heavy atom. The lowest BCUT2D eigenvalue weighted by atomic mass is 9.78. The Labute approximate surface area is 102 Å². The molecule has 1 aromatic rings. The first-order valence-corrected chi connectivity index (χ1v) is 6.67. The van der Waals surface area contributed by atoms with Gasteiger partial charge in [-0.1, -0.05) is 6.42 Å². The van der Waals surface area contributed by atoms with Crippen molar-refractivity contribution >= 4 is 5.91 Å². The third-order valence-corrected chi connectivity index (χ3v) is 4.32. The highest BCUT2D eigenvalue weighted by Crippen LogP contribution is 2.34. The number of hydrogen-bond donors (Lipinski definition) is 1. The highest BCUT2D eigenvalue weighted by molar-refractivity contribution is 5.95. The molecular weight excluding hydrogens is 212 g/mol. The van der Waals surface area contributed by atoms with Crippen LogP contribution < -0.4 is 0 Å². The van der Waals surface area contributed by atoms with Crippen molar-refractivity contribution in [2.24, 2.45) is 11.8 Å². The molecule has 2 aliphatic rings. The van der Waals surface area contributed by atoms with Crippen LogP contribution in [0.25, 0.3) is 0 Å². The van der Waals surface area contributed by atoms with Crippen molar-refractivity contribution in [1.29, 1.82) is 0 Å². The molecular formula is C14H20N2O. The lowest BCUT2D eigenvalue weighted by molar-refractivity contribution is 0.0504. The van der Waals surface area contributed by atoms with Crippen LogP contribution in [0, 0.1) is 18.8 Å². The number of nitrogens with one attached hydrogen (secondary N) is 1. The number of aromatic amines is 1. The average molecular weight is 232 g/mol. The molecule has 1 aromatic heterocycles. The molecule has 3 heteroatoms. The summed E-state index contributed by atoms with van der Waals surface area (Å²) in [6.45, 7) is 3.91. The fraction of sp³-hybridized carbons (Fsp3) is 0.643. The highest BCUT2D eigenvalue weighted by Gasteiger charge is 2.33. The first-order chi connectivity index (χ1) is 8.24. The summed E-state index contributed by atoms with van der Waals surface area (Å²) in [5.41, 5.74) is 1.84. The zero-order valence-corrected chi connectivity index (χ0v) is 10.4. The number of aromatic nitrogens is 1. The standard InChI is InChI=1S/C14H20N2O/c1-10-13(5-6-15-10)14(17)16-8-11-3-2-4-12(7-11)9-16/h5-6,11-12,15H,2-4,7-9H2,1H3/t11-,12-/m0/s1. The summed E-state index contributed by atoms with van der Waals surface area (Å²) in [4.78, 5) is 17.6. The van der Waals surface area contributed by atoms with Crippen molar-refractivity contribution in [2.45, 2.75) is 32.6 Å². The number of aryl methyl sites for hydroxylation is 1. The van der Waals surface area contributed by atoms with E-state index in [0.717, 1.165) is 36.2 Å². The van der Waals surface area contributed by atoms with E-state index in [1.807, 2.05) is 19.2 Å². The van der Waals surface area contributed by atoms with Gasteiger partial charge in [0.25, 0.3) is 5.91 Å². The number of hydrogen-bond acceptors (Lipinski definition) is 1. The van der Waals surface area contributed by atoms with Crippen LogP contribution in [0.5, 0.6) is 0 Å². The zero-order chi connectivity index (χ0) is 11.8. The molecule has 92 valence electrons. The largest absolute Gasteiger partial charge is 0.365 e. The average Bonchev–Trinajstić information content (AvgIpc) is 2.74. The van der Waals surface area contributed by atoms with Crippen LogP contribution in [0.2, 0.25) is 0 Å². The summed E-state index contributed by atoms with van der Waals surface area (Å²) in [6, 6.07) is 1.90. The fourth-order valence-electron chi connectivity index (χ4n) is 3.45. The van der Waals surface area contributed by atoms with Crippen LogP contribution in [-0.4, -0.2) is 28.9 Å². The molecule has 2 atom stereocenters. The smallest absolute Gasteiger partial charge is 0.255 e. The van der Waals surface area contributed by atoms with E-state index in [0.29, 0.717) is 0 Å². The van der Waals surface area contributed by atoms with Crippen LogP contribution in [0.4, 0.5) is 0 Å². The van der Waals surface area contributed by atoms with Gasteiger partial charge in [-0.15, -0.1) is 0 Å². The van der Waals surface area contributed by atoms with E-state index in [4.69, 9.17) is 0 Å². The first kappa shape index (κ1) is 10.9. The Kier molecular flexibility index (Phi) is 2.69. The molecule has 17 heavy (non-hydrogen) atoms. The van der Waals surface area contributed by atoms with Crippen LogP contribution >= 0.6 is 0 Å². The second kappa shape index (κ2) is 4.21. The van der Waals surface area contributed by atoms with Gasteiger partial charge >= 0.3 is 0 Å². The van der Waals surface area contributed by atoms with Gasteiger partial charge < -0.3 is 9.88 Å². The van der Waals surface area contributed by atoms with Gasteiger partial charge in [0.15, 0.2) is 0 Å². The summed E-state index contributed by atoms with van der Waals surface area (Å²) in [7, 11) is 0. The third-order valence-electron chi connectivity index (χ3n) is 4.32. The summed E-state index contributed by atoms with van der Waals surface area (Å²) in [5, 5.41) is 0. The maximum atomic E-state index is 12.4. The third kappa shape index (κ3) is 1.99. The molecule has 2 heterocycles. The van der Waals surface area contributed by atoms with E-state index in [9.17, 15) is 4.79 Å². The molecule has 1 amide bonds. The molecule has 1 aliphatic heterocycles. The number of H-pyrrole nitrogens is 1. The van der Waals surface area contributed by atoms with E-state index in [1.165, 1.54) is 25.7 Å². The van der Waals surface area contributed by atoms with Crippen molar-refractivity contribution in [3.8, 4) is 0 Å². The van der Waals surface area contributed by atoms with Crippen LogP contribution in [0.15, 0.2) is 12.3 Å². The highest BCUT2D eigenvalue weighted by atomic mass is 16.2. The normalized spacial score (nSPS) is 28.2. The molecule has 1 N–H and O–H groups in total. The van der Waals surface area contributed by atoms with Crippen molar-refractivity contribution in [3.05, 3.63) is 23.5 Å². The lowest BCUT2D eigenvalue weighted by Gasteiger charge is -2.41. The number of amides is 1.